The third-order valence-corrected chi connectivity index (χ3v) is 4.47. The summed E-state index contributed by atoms with van der Waals surface area (Å²) in [6.45, 7) is 0. The molecule has 0 radical (unpaired) electrons. The minimum atomic E-state index is -0.305. The number of hydrogen-bond donors (Lipinski definition) is 1. The van der Waals surface area contributed by atoms with E-state index in [0.717, 1.165) is 24.2 Å². The number of nitrogens with zero attached hydrogens (tertiary/aromatic N) is 3. The lowest BCUT2D eigenvalue weighted by Gasteiger charge is -2.20. The first-order valence-corrected chi connectivity index (χ1v) is 7.89. The Hall–Kier alpha value is -1.56. The Kier molecular flexibility index (Phi) is 4.14. The predicted molar refractivity (Wildman–Crippen MR) is 83.2 cm³/mol. The molecular formula is C15H16BrFN4. The second-order valence-corrected chi connectivity index (χ2v) is 6.19. The lowest BCUT2D eigenvalue weighted by molar-refractivity contribution is 0.428. The quantitative estimate of drug-likeness (QED) is 0.886. The Labute approximate surface area is 131 Å². The minimum Gasteiger partial charge on any atom is -0.368 e. The fourth-order valence-electron chi connectivity index (χ4n) is 2.74. The number of nitrogen functional groups attached to an aromatic ring is 1. The average Bonchev–Trinajstić information content (AvgIpc) is 2.47. The highest BCUT2D eigenvalue weighted by molar-refractivity contribution is 9.10. The van der Waals surface area contributed by atoms with Crippen molar-refractivity contribution in [3.8, 4) is 11.4 Å². The number of halogens is 2. The molecule has 110 valence electrons. The molecule has 0 bridgehead atoms. The molecule has 1 aliphatic rings. The van der Waals surface area contributed by atoms with Crippen molar-refractivity contribution in [3.63, 3.8) is 0 Å². The zero-order valence-corrected chi connectivity index (χ0v) is 13.1. The van der Waals surface area contributed by atoms with Gasteiger partial charge in [0.05, 0.1) is 0 Å². The molecule has 1 heterocycles. The maximum absolute atomic E-state index is 13.2. The van der Waals surface area contributed by atoms with Crippen LogP contribution in [0.2, 0.25) is 0 Å². The molecule has 0 unspecified atom stereocenters. The van der Waals surface area contributed by atoms with Crippen molar-refractivity contribution in [2.75, 3.05) is 5.73 Å². The van der Waals surface area contributed by atoms with E-state index in [2.05, 4.69) is 30.9 Å². The molecule has 1 fully saturated rings. The van der Waals surface area contributed by atoms with E-state index in [1.54, 1.807) is 6.07 Å². The third-order valence-electron chi connectivity index (χ3n) is 3.81. The average molecular weight is 351 g/mol. The first-order chi connectivity index (χ1) is 10.1. The van der Waals surface area contributed by atoms with Crippen LogP contribution in [0.4, 0.5) is 10.3 Å². The second kappa shape index (κ2) is 6.05. The molecule has 0 spiro atoms. The summed E-state index contributed by atoms with van der Waals surface area (Å²) in [5.74, 6) is 1.52. The Balaban J connectivity index is 2.00. The van der Waals surface area contributed by atoms with Gasteiger partial charge in [0.2, 0.25) is 5.95 Å². The van der Waals surface area contributed by atoms with Gasteiger partial charge < -0.3 is 5.73 Å². The molecule has 6 heteroatoms. The van der Waals surface area contributed by atoms with Crippen molar-refractivity contribution in [1.82, 2.24) is 15.0 Å². The third kappa shape index (κ3) is 3.20. The zero-order chi connectivity index (χ0) is 14.8. The number of anilines is 1. The van der Waals surface area contributed by atoms with Crippen molar-refractivity contribution >= 4 is 21.9 Å². The Morgan fingerprint density at radius 2 is 1.86 bits per heavy atom. The summed E-state index contributed by atoms with van der Waals surface area (Å²) < 4.78 is 13.8. The molecule has 3 rings (SSSR count). The van der Waals surface area contributed by atoms with Crippen LogP contribution in [0.1, 0.15) is 43.8 Å². The fraction of sp³-hybridized carbons (Fsp3) is 0.400. The van der Waals surface area contributed by atoms with Crippen LogP contribution in [0.5, 0.6) is 0 Å². The maximum Gasteiger partial charge on any atom is 0.223 e. The van der Waals surface area contributed by atoms with E-state index in [1.165, 1.54) is 31.4 Å². The molecule has 0 aliphatic heterocycles. The first-order valence-electron chi connectivity index (χ1n) is 7.10. The topological polar surface area (TPSA) is 64.7 Å². The molecule has 1 aromatic carbocycles. The largest absolute Gasteiger partial charge is 0.368 e. The van der Waals surface area contributed by atoms with E-state index in [9.17, 15) is 4.39 Å². The van der Waals surface area contributed by atoms with Crippen LogP contribution in [-0.2, 0) is 0 Å². The van der Waals surface area contributed by atoms with Gasteiger partial charge >= 0.3 is 0 Å². The molecule has 1 aliphatic carbocycles. The van der Waals surface area contributed by atoms with E-state index in [1.807, 2.05) is 0 Å². The molecule has 21 heavy (non-hydrogen) atoms. The van der Waals surface area contributed by atoms with Gasteiger partial charge in [-0.05, 0) is 47.0 Å². The van der Waals surface area contributed by atoms with E-state index in [0.29, 0.717) is 16.2 Å². The van der Waals surface area contributed by atoms with Crippen molar-refractivity contribution < 1.29 is 4.39 Å². The van der Waals surface area contributed by atoms with Crippen LogP contribution in [0.3, 0.4) is 0 Å². The SMILES string of the molecule is Nc1nc(-c2ccc(F)cc2Br)nc(C2CCCCC2)n1. The van der Waals surface area contributed by atoms with Gasteiger partial charge in [-0.3, -0.25) is 0 Å². The van der Waals surface area contributed by atoms with Gasteiger partial charge in [-0.15, -0.1) is 0 Å². The van der Waals surface area contributed by atoms with Gasteiger partial charge in [-0.1, -0.05) is 19.3 Å². The van der Waals surface area contributed by atoms with Crippen molar-refractivity contribution in [2.24, 2.45) is 0 Å². The molecule has 2 aromatic rings. The molecule has 1 aromatic heterocycles. The smallest absolute Gasteiger partial charge is 0.223 e. The molecular weight excluding hydrogens is 335 g/mol. The normalized spacial score (nSPS) is 16.1. The molecule has 0 amide bonds. The van der Waals surface area contributed by atoms with Crippen LogP contribution in [-0.4, -0.2) is 15.0 Å². The van der Waals surface area contributed by atoms with Crippen molar-refractivity contribution in [2.45, 2.75) is 38.0 Å². The van der Waals surface area contributed by atoms with Crippen LogP contribution in [0.25, 0.3) is 11.4 Å². The monoisotopic (exact) mass is 350 g/mol. The summed E-state index contributed by atoms with van der Waals surface area (Å²) in [7, 11) is 0. The van der Waals surface area contributed by atoms with Gasteiger partial charge in [0.25, 0.3) is 0 Å². The summed E-state index contributed by atoms with van der Waals surface area (Å²) in [4.78, 5) is 13.1. The van der Waals surface area contributed by atoms with Gasteiger partial charge in [0, 0.05) is 16.0 Å². The Morgan fingerprint density at radius 3 is 2.57 bits per heavy atom. The zero-order valence-electron chi connectivity index (χ0n) is 11.5. The van der Waals surface area contributed by atoms with Crippen molar-refractivity contribution in [1.29, 1.82) is 0 Å². The minimum absolute atomic E-state index is 0.219. The summed E-state index contributed by atoms with van der Waals surface area (Å²) in [6.07, 6.45) is 5.85. The summed E-state index contributed by atoms with van der Waals surface area (Å²) in [6, 6.07) is 4.44. The standard InChI is InChI=1S/C15H16BrFN4/c16-12-8-10(17)6-7-11(12)14-19-13(20-15(18)21-14)9-4-2-1-3-5-9/h6-9H,1-5H2,(H2,18,19,20,21). The summed E-state index contributed by atoms with van der Waals surface area (Å²) >= 11 is 3.35. The Morgan fingerprint density at radius 1 is 1.10 bits per heavy atom. The highest BCUT2D eigenvalue weighted by Gasteiger charge is 2.20. The second-order valence-electron chi connectivity index (χ2n) is 5.33. The van der Waals surface area contributed by atoms with E-state index < -0.39 is 0 Å². The molecule has 0 atom stereocenters. The van der Waals surface area contributed by atoms with Gasteiger partial charge in [-0.25, -0.2) is 9.37 Å². The van der Waals surface area contributed by atoms with Gasteiger partial charge in [0.1, 0.15) is 11.6 Å². The first kappa shape index (κ1) is 14.4. The van der Waals surface area contributed by atoms with Gasteiger partial charge in [0.15, 0.2) is 5.82 Å². The Bertz CT molecular complexity index is 656. The number of rotatable bonds is 2. The lowest BCUT2D eigenvalue weighted by Crippen LogP contribution is -2.12. The van der Waals surface area contributed by atoms with E-state index in [-0.39, 0.29) is 11.8 Å². The highest BCUT2D eigenvalue weighted by Crippen LogP contribution is 2.32. The van der Waals surface area contributed by atoms with Crippen LogP contribution in [0.15, 0.2) is 22.7 Å². The fourth-order valence-corrected chi connectivity index (χ4v) is 3.27. The summed E-state index contributed by atoms with van der Waals surface area (Å²) in [5, 5.41) is 0. The van der Waals surface area contributed by atoms with E-state index >= 15 is 0 Å². The van der Waals surface area contributed by atoms with Gasteiger partial charge in [-0.2, -0.15) is 9.97 Å². The van der Waals surface area contributed by atoms with Crippen LogP contribution < -0.4 is 5.73 Å². The molecule has 4 nitrogen and oxygen atoms in total. The maximum atomic E-state index is 13.2. The summed E-state index contributed by atoms with van der Waals surface area (Å²) in [5.41, 5.74) is 6.56. The van der Waals surface area contributed by atoms with Crippen LogP contribution in [0, 0.1) is 5.82 Å². The number of nitrogens with two attached hydrogens (primary N) is 1. The predicted octanol–water partition coefficient (Wildman–Crippen LogP) is 4.07. The lowest BCUT2D eigenvalue weighted by atomic mass is 9.89. The number of benzene rings is 1. The molecule has 1 saturated carbocycles. The molecule has 2 N–H and O–H groups in total. The van der Waals surface area contributed by atoms with Crippen molar-refractivity contribution in [3.05, 3.63) is 34.3 Å². The highest BCUT2D eigenvalue weighted by atomic mass is 79.9. The number of hydrogen-bond acceptors (Lipinski definition) is 4. The molecule has 0 saturated heterocycles. The van der Waals surface area contributed by atoms with Crippen LogP contribution >= 0.6 is 15.9 Å². The van der Waals surface area contributed by atoms with E-state index in [4.69, 9.17) is 5.73 Å². The number of aromatic nitrogens is 3.